The van der Waals surface area contributed by atoms with Crippen molar-refractivity contribution in [2.24, 2.45) is 0 Å². The van der Waals surface area contributed by atoms with E-state index in [-0.39, 0.29) is 6.61 Å². The van der Waals surface area contributed by atoms with E-state index in [1.807, 2.05) is 97.1 Å². The van der Waals surface area contributed by atoms with Crippen molar-refractivity contribution in [2.75, 3.05) is 6.61 Å². The van der Waals surface area contributed by atoms with Crippen LogP contribution in [-0.2, 0) is 15.1 Å². The molecule has 0 unspecified atom stereocenters. The van der Waals surface area contributed by atoms with Gasteiger partial charge in [-0.25, -0.2) is 0 Å². The fourth-order valence-electron chi connectivity index (χ4n) is 4.76. The lowest BCUT2D eigenvalue weighted by Gasteiger charge is -2.42. The topological polar surface area (TPSA) is 88.4 Å². The highest BCUT2D eigenvalue weighted by Crippen LogP contribution is 2.41. The Morgan fingerprint density at radius 2 is 1.00 bits per heavy atom. The molecule has 37 heavy (non-hydrogen) atoms. The van der Waals surface area contributed by atoms with Crippen molar-refractivity contribution in [3.05, 3.63) is 138 Å². The average Bonchev–Trinajstić information content (AvgIpc) is 2.96. The van der Waals surface area contributed by atoms with Crippen LogP contribution in [0.15, 0.2) is 121 Å². The first-order valence-corrected chi connectivity index (χ1v) is 12.3. The monoisotopic (exact) mass is 498 g/mol. The molecule has 0 bridgehead atoms. The second-order valence-electron chi connectivity index (χ2n) is 9.04. The lowest BCUT2D eigenvalue weighted by atomic mass is 9.80. The zero-order valence-corrected chi connectivity index (χ0v) is 20.2. The van der Waals surface area contributed by atoms with Gasteiger partial charge in [0.05, 0.1) is 6.61 Å². The van der Waals surface area contributed by atoms with Crippen molar-refractivity contribution < 1.29 is 29.5 Å². The van der Waals surface area contributed by atoms with Gasteiger partial charge < -0.3 is 29.5 Å². The SMILES string of the molecule is O[C@@H]1[C@@H](O)[C@H](Oc2ccccc2)O[C@H](COC(c2ccccc2)(c2ccccc2)c2ccccc2)[C@H]1O. The molecule has 6 heteroatoms. The molecule has 1 fully saturated rings. The Bertz CT molecular complexity index is 1140. The maximum absolute atomic E-state index is 10.8. The van der Waals surface area contributed by atoms with Gasteiger partial charge in [0.25, 0.3) is 0 Å². The van der Waals surface area contributed by atoms with Gasteiger partial charge >= 0.3 is 0 Å². The van der Waals surface area contributed by atoms with E-state index in [1.165, 1.54) is 0 Å². The van der Waals surface area contributed by atoms with Crippen LogP contribution in [0.4, 0.5) is 0 Å². The fourth-order valence-corrected chi connectivity index (χ4v) is 4.76. The summed E-state index contributed by atoms with van der Waals surface area (Å²) < 4.78 is 18.5. The molecule has 3 N–H and O–H groups in total. The lowest BCUT2D eigenvalue weighted by Crippen LogP contribution is -2.60. The molecule has 0 aliphatic carbocycles. The predicted molar refractivity (Wildman–Crippen MR) is 139 cm³/mol. The van der Waals surface area contributed by atoms with E-state index < -0.39 is 36.3 Å². The van der Waals surface area contributed by atoms with Crippen molar-refractivity contribution in [1.82, 2.24) is 0 Å². The molecule has 1 heterocycles. The van der Waals surface area contributed by atoms with Gasteiger partial charge in [-0.3, -0.25) is 0 Å². The minimum atomic E-state index is -1.48. The van der Waals surface area contributed by atoms with Crippen molar-refractivity contribution in [1.29, 1.82) is 0 Å². The number of para-hydroxylation sites is 1. The molecule has 1 aliphatic heterocycles. The molecule has 1 aliphatic rings. The summed E-state index contributed by atoms with van der Waals surface area (Å²) in [6.07, 6.45) is -6.45. The highest BCUT2D eigenvalue weighted by Gasteiger charge is 2.47. The number of benzene rings is 4. The highest BCUT2D eigenvalue weighted by atomic mass is 16.7. The summed E-state index contributed by atoms with van der Waals surface area (Å²) in [5.41, 5.74) is 1.67. The van der Waals surface area contributed by atoms with Crippen LogP contribution in [0.5, 0.6) is 5.75 Å². The third-order valence-electron chi connectivity index (χ3n) is 6.67. The molecule has 0 amide bonds. The number of aliphatic hydroxyl groups excluding tert-OH is 3. The van der Waals surface area contributed by atoms with Crippen molar-refractivity contribution in [3.8, 4) is 5.75 Å². The van der Waals surface area contributed by atoms with Crippen molar-refractivity contribution in [2.45, 2.75) is 36.3 Å². The van der Waals surface area contributed by atoms with E-state index in [4.69, 9.17) is 14.2 Å². The van der Waals surface area contributed by atoms with Gasteiger partial charge in [-0.2, -0.15) is 0 Å². The van der Waals surface area contributed by atoms with E-state index >= 15 is 0 Å². The van der Waals surface area contributed by atoms with Gasteiger partial charge in [0.1, 0.15) is 35.8 Å². The summed E-state index contributed by atoms with van der Waals surface area (Å²) in [4.78, 5) is 0. The summed E-state index contributed by atoms with van der Waals surface area (Å²) >= 11 is 0. The van der Waals surface area contributed by atoms with Gasteiger partial charge in [-0.05, 0) is 28.8 Å². The summed E-state index contributed by atoms with van der Waals surface area (Å²) in [7, 11) is 0. The Morgan fingerprint density at radius 3 is 1.46 bits per heavy atom. The van der Waals surface area contributed by atoms with E-state index in [0.29, 0.717) is 5.75 Å². The second-order valence-corrected chi connectivity index (χ2v) is 9.04. The van der Waals surface area contributed by atoms with Crippen LogP contribution in [-0.4, -0.2) is 52.6 Å². The fraction of sp³-hybridized carbons (Fsp3) is 0.226. The Morgan fingerprint density at radius 1 is 0.568 bits per heavy atom. The number of hydrogen-bond acceptors (Lipinski definition) is 6. The number of ether oxygens (including phenoxy) is 3. The van der Waals surface area contributed by atoms with Gasteiger partial charge in [-0.15, -0.1) is 0 Å². The van der Waals surface area contributed by atoms with Gasteiger partial charge in [0, 0.05) is 0 Å². The molecule has 190 valence electrons. The van der Waals surface area contributed by atoms with E-state index in [0.717, 1.165) is 16.7 Å². The number of aliphatic hydroxyl groups is 3. The zero-order valence-electron chi connectivity index (χ0n) is 20.2. The van der Waals surface area contributed by atoms with Crippen LogP contribution in [0.2, 0.25) is 0 Å². The molecule has 6 nitrogen and oxygen atoms in total. The third kappa shape index (κ3) is 5.16. The first-order valence-electron chi connectivity index (χ1n) is 12.3. The lowest BCUT2D eigenvalue weighted by molar-refractivity contribution is -0.283. The van der Waals surface area contributed by atoms with E-state index in [2.05, 4.69) is 0 Å². The minimum absolute atomic E-state index is 0.0850. The largest absolute Gasteiger partial charge is 0.462 e. The quantitative estimate of drug-likeness (QED) is 0.320. The van der Waals surface area contributed by atoms with E-state index in [1.54, 1.807) is 24.3 Å². The second kappa shape index (κ2) is 11.3. The molecule has 0 radical (unpaired) electrons. The van der Waals surface area contributed by atoms with Gasteiger partial charge in [-0.1, -0.05) is 109 Å². The van der Waals surface area contributed by atoms with Gasteiger partial charge in [0.2, 0.25) is 6.29 Å². The molecule has 5 atom stereocenters. The maximum atomic E-state index is 10.8. The molecule has 1 saturated heterocycles. The van der Waals surface area contributed by atoms with Crippen LogP contribution in [0.25, 0.3) is 0 Å². The minimum Gasteiger partial charge on any atom is -0.462 e. The van der Waals surface area contributed by atoms with Crippen LogP contribution >= 0.6 is 0 Å². The van der Waals surface area contributed by atoms with Crippen LogP contribution in [0.1, 0.15) is 16.7 Å². The highest BCUT2D eigenvalue weighted by molar-refractivity contribution is 5.47. The molecular weight excluding hydrogens is 468 g/mol. The first-order chi connectivity index (χ1) is 18.1. The van der Waals surface area contributed by atoms with Crippen molar-refractivity contribution >= 4 is 0 Å². The summed E-state index contributed by atoms with van der Waals surface area (Å²) in [6, 6.07) is 38.4. The Kier molecular flexibility index (Phi) is 7.65. The normalized spacial score (nSPS) is 23.9. The molecule has 0 aromatic heterocycles. The summed E-state index contributed by atoms with van der Waals surface area (Å²) in [5, 5.41) is 32.0. The maximum Gasteiger partial charge on any atom is 0.229 e. The summed E-state index contributed by atoms with van der Waals surface area (Å²) in [5.74, 6) is 0.474. The Balaban J connectivity index is 1.49. The van der Waals surface area contributed by atoms with E-state index in [9.17, 15) is 15.3 Å². The standard InChI is InChI=1S/C31H30O6/c32-27-26(37-30(29(34)28(27)33)36-25-19-11-4-12-20-25)21-35-31(22-13-5-1-6-14-22,23-15-7-2-8-16-23)24-17-9-3-10-18-24/h1-20,26-30,32-34H,21H2/t26-,27-,28+,29-,30-/m1/s1. The Hall–Kier alpha value is -3.52. The average molecular weight is 499 g/mol. The Labute approximate surface area is 216 Å². The number of rotatable bonds is 8. The van der Waals surface area contributed by atoms with Crippen LogP contribution in [0, 0.1) is 0 Å². The molecule has 4 aromatic carbocycles. The smallest absolute Gasteiger partial charge is 0.229 e. The molecule has 0 spiro atoms. The van der Waals surface area contributed by atoms with Crippen molar-refractivity contribution in [3.63, 3.8) is 0 Å². The first kappa shape index (κ1) is 25.1. The van der Waals surface area contributed by atoms with Gasteiger partial charge in [0.15, 0.2) is 0 Å². The third-order valence-corrected chi connectivity index (χ3v) is 6.67. The predicted octanol–water partition coefficient (Wildman–Crippen LogP) is 3.88. The molecule has 0 saturated carbocycles. The van der Waals surface area contributed by atoms with Crippen LogP contribution in [0.3, 0.4) is 0 Å². The molecule has 5 rings (SSSR count). The zero-order chi connectivity index (χ0) is 25.7. The molecular formula is C31H30O6. The summed E-state index contributed by atoms with van der Waals surface area (Å²) in [6.45, 7) is -0.0850. The van der Waals surface area contributed by atoms with Crippen LogP contribution < -0.4 is 4.74 Å². The number of hydrogen-bond donors (Lipinski definition) is 3. The molecule has 4 aromatic rings.